The van der Waals surface area contributed by atoms with Gasteiger partial charge in [0.25, 0.3) is 0 Å². The van der Waals surface area contributed by atoms with E-state index < -0.39 is 0 Å². The monoisotopic (exact) mass is 708 g/mol. The van der Waals surface area contributed by atoms with Crippen molar-refractivity contribution in [2.75, 3.05) is 4.90 Å². The number of benzene rings is 8. The van der Waals surface area contributed by atoms with Gasteiger partial charge in [-0.1, -0.05) is 128 Å². The van der Waals surface area contributed by atoms with Crippen molar-refractivity contribution in [3.63, 3.8) is 0 Å². The molecule has 2 nitrogen and oxygen atoms in total. The van der Waals surface area contributed by atoms with Crippen molar-refractivity contribution in [2.24, 2.45) is 0 Å². The lowest BCUT2D eigenvalue weighted by molar-refractivity contribution is 0.660. The number of para-hydroxylation sites is 1. The number of aryl methyl sites for hydroxylation is 4. The second-order valence-corrected chi connectivity index (χ2v) is 16.1. The van der Waals surface area contributed by atoms with Crippen molar-refractivity contribution in [2.45, 2.75) is 47.0 Å². The number of hydrogen-bond donors (Lipinski definition) is 0. The molecule has 0 amide bonds. The Morgan fingerprint density at radius 2 is 1.18 bits per heavy atom. The molecule has 0 N–H and O–H groups in total. The first-order valence-electron chi connectivity index (χ1n) is 19.4. The minimum Gasteiger partial charge on any atom is -0.310 e. The zero-order valence-corrected chi connectivity index (χ0v) is 32.4. The van der Waals surface area contributed by atoms with Crippen molar-refractivity contribution in [3.8, 4) is 27.9 Å². The molecule has 2 heteroatoms. The van der Waals surface area contributed by atoms with E-state index in [1.165, 1.54) is 105 Å². The molecule has 0 spiro atoms. The quantitative estimate of drug-likeness (QED) is 0.173. The third-order valence-electron chi connectivity index (χ3n) is 12.2. The van der Waals surface area contributed by atoms with Crippen LogP contribution in [-0.4, -0.2) is 4.57 Å². The summed E-state index contributed by atoms with van der Waals surface area (Å²) in [6.07, 6.45) is 0. The summed E-state index contributed by atoms with van der Waals surface area (Å²) >= 11 is 0. The zero-order chi connectivity index (χ0) is 37.6. The predicted molar refractivity (Wildman–Crippen MR) is 235 cm³/mol. The van der Waals surface area contributed by atoms with Gasteiger partial charge in [0.1, 0.15) is 0 Å². The molecule has 0 saturated heterocycles. The van der Waals surface area contributed by atoms with Crippen molar-refractivity contribution in [3.05, 3.63) is 191 Å². The van der Waals surface area contributed by atoms with Crippen LogP contribution in [-0.2, 0) is 5.41 Å². The van der Waals surface area contributed by atoms with Gasteiger partial charge in [0.05, 0.1) is 16.7 Å². The Kier molecular flexibility index (Phi) is 7.44. The first-order chi connectivity index (χ1) is 26.7. The van der Waals surface area contributed by atoms with Gasteiger partial charge in [-0.05, 0) is 127 Å². The Hall–Kier alpha value is -6.38. The maximum Gasteiger partial charge on any atom is 0.0619 e. The van der Waals surface area contributed by atoms with Crippen LogP contribution in [0.5, 0.6) is 0 Å². The molecule has 0 atom stereocenters. The normalized spacial score (nSPS) is 13.1. The van der Waals surface area contributed by atoms with Crippen LogP contribution in [0.1, 0.15) is 47.2 Å². The van der Waals surface area contributed by atoms with E-state index >= 15 is 0 Å². The van der Waals surface area contributed by atoms with Gasteiger partial charge in [0.2, 0.25) is 0 Å². The first-order valence-corrected chi connectivity index (χ1v) is 19.4. The van der Waals surface area contributed by atoms with Gasteiger partial charge < -0.3 is 9.47 Å². The Balaban J connectivity index is 1.22. The van der Waals surface area contributed by atoms with E-state index in [4.69, 9.17) is 0 Å². The SMILES string of the molecule is Cc1ccc(N(c2ccc(C)c(C)c2)c2cc3c(c4ccccc24)-c2ccc(-n4c5ccc(C)cc5c5cccc(-c6ccccc6)c54)cc2C3(C)C)cc1. The second kappa shape index (κ2) is 12.3. The van der Waals surface area contributed by atoms with Crippen LogP contribution < -0.4 is 4.90 Å². The summed E-state index contributed by atoms with van der Waals surface area (Å²) in [6, 6.07) is 59.0. The van der Waals surface area contributed by atoms with Crippen molar-refractivity contribution in [1.29, 1.82) is 0 Å². The van der Waals surface area contributed by atoms with Crippen LogP contribution in [0.4, 0.5) is 17.1 Å². The molecule has 1 aromatic heterocycles. The third kappa shape index (κ3) is 5.08. The standard InChI is InChI=1S/C53H44N2/c1-33-19-23-38(24-20-33)54(39-25-22-35(3)36(4)30-39)50-32-48-51(43-16-11-10-15-42(43)50)45-27-26-40(31-47(45)53(48,5)6)55-49-28-21-34(2)29-46(49)44-18-12-17-41(52(44)55)37-13-8-7-9-14-37/h7-32H,1-6H3. The molecule has 0 aliphatic heterocycles. The topological polar surface area (TPSA) is 8.17 Å². The average molecular weight is 709 g/mol. The minimum absolute atomic E-state index is 0.251. The molecule has 1 aliphatic carbocycles. The summed E-state index contributed by atoms with van der Waals surface area (Å²) in [5.41, 5.74) is 19.9. The van der Waals surface area contributed by atoms with Gasteiger partial charge in [-0.2, -0.15) is 0 Å². The number of hydrogen-bond acceptors (Lipinski definition) is 1. The maximum atomic E-state index is 2.51. The molecule has 55 heavy (non-hydrogen) atoms. The molecule has 1 heterocycles. The Morgan fingerprint density at radius 3 is 1.96 bits per heavy atom. The fourth-order valence-electron chi connectivity index (χ4n) is 9.16. The highest BCUT2D eigenvalue weighted by atomic mass is 15.1. The molecule has 0 radical (unpaired) electrons. The van der Waals surface area contributed by atoms with Gasteiger partial charge >= 0.3 is 0 Å². The molecule has 0 fully saturated rings. The molecule has 9 aromatic rings. The van der Waals surface area contributed by atoms with Crippen molar-refractivity contribution in [1.82, 2.24) is 4.57 Å². The maximum absolute atomic E-state index is 2.51. The average Bonchev–Trinajstić information content (AvgIpc) is 3.65. The van der Waals surface area contributed by atoms with Gasteiger partial charge in [-0.3, -0.25) is 0 Å². The van der Waals surface area contributed by atoms with Crippen LogP contribution in [0.25, 0.3) is 60.5 Å². The molecular formula is C53H44N2. The zero-order valence-electron chi connectivity index (χ0n) is 32.4. The fourth-order valence-corrected chi connectivity index (χ4v) is 9.16. The molecule has 0 saturated carbocycles. The van der Waals surface area contributed by atoms with Crippen LogP contribution >= 0.6 is 0 Å². The van der Waals surface area contributed by atoms with E-state index in [1.54, 1.807) is 0 Å². The molecule has 1 aliphatic rings. The number of anilines is 3. The minimum atomic E-state index is -0.251. The van der Waals surface area contributed by atoms with Crippen LogP contribution in [0.3, 0.4) is 0 Å². The Bertz CT molecular complexity index is 2980. The number of fused-ring (bicyclic) bond motifs is 8. The number of nitrogens with zero attached hydrogens (tertiary/aromatic N) is 2. The highest BCUT2D eigenvalue weighted by molar-refractivity contribution is 6.14. The van der Waals surface area contributed by atoms with E-state index in [-0.39, 0.29) is 5.41 Å². The van der Waals surface area contributed by atoms with E-state index in [1.807, 2.05) is 0 Å². The van der Waals surface area contributed by atoms with Gasteiger partial charge in [-0.25, -0.2) is 0 Å². The third-order valence-corrected chi connectivity index (χ3v) is 12.2. The van der Waals surface area contributed by atoms with Gasteiger partial charge in [0, 0.05) is 44.2 Å². The van der Waals surface area contributed by atoms with Crippen molar-refractivity contribution < 1.29 is 0 Å². The Morgan fingerprint density at radius 1 is 0.473 bits per heavy atom. The molecule has 0 bridgehead atoms. The lowest BCUT2D eigenvalue weighted by Gasteiger charge is -2.30. The summed E-state index contributed by atoms with van der Waals surface area (Å²) in [4.78, 5) is 2.46. The van der Waals surface area contributed by atoms with Crippen LogP contribution in [0, 0.1) is 27.7 Å². The molecular weight excluding hydrogens is 665 g/mol. The first kappa shape index (κ1) is 33.2. The highest BCUT2D eigenvalue weighted by Crippen LogP contribution is 2.55. The largest absolute Gasteiger partial charge is 0.310 e. The second-order valence-electron chi connectivity index (χ2n) is 16.1. The van der Waals surface area contributed by atoms with E-state index in [9.17, 15) is 0 Å². The molecule has 0 unspecified atom stereocenters. The van der Waals surface area contributed by atoms with E-state index in [2.05, 4.69) is 209 Å². The summed E-state index contributed by atoms with van der Waals surface area (Å²) in [6.45, 7) is 13.6. The molecule has 10 rings (SSSR count). The number of rotatable bonds is 5. The highest BCUT2D eigenvalue weighted by Gasteiger charge is 2.38. The smallest absolute Gasteiger partial charge is 0.0619 e. The summed E-state index contributed by atoms with van der Waals surface area (Å²) in [5.74, 6) is 0. The number of aromatic nitrogens is 1. The van der Waals surface area contributed by atoms with E-state index in [0.717, 1.165) is 5.69 Å². The predicted octanol–water partition coefficient (Wildman–Crippen LogP) is 14.6. The van der Waals surface area contributed by atoms with Crippen LogP contribution in [0.15, 0.2) is 158 Å². The van der Waals surface area contributed by atoms with Gasteiger partial charge in [0.15, 0.2) is 0 Å². The van der Waals surface area contributed by atoms with Crippen LogP contribution in [0.2, 0.25) is 0 Å². The molecule has 8 aromatic carbocycles. The van der Waals surface area contributed by atoms with Gasteiger partial charge in [-0.15, -0.1) is 0 Å². The summed E-state index contributed by atoms with van der Waals surface area (Å²) in [5, 5.41) is 5.10. The summed E-state index contributed by atoms with van der Waals surface area (Å²) in [7, 11) is 0. The summed E-state index contributed by atoms with van der Waals surface area (Å²) < 4.78 is 2.51. The Labute approximate surface area is 323 Å². The van der Waals surface area contributed by atoms with Crippen molar-refractivity contribution >= 4 is 49.6 Å². The lowest BCUT2D eigenvalue weighted by atomic mass is 9.81. The fraction of sp³-hybridized carbons (Fsp3) is 0.132. The molecule has 266 valence electrons. The lowest BCUT2D eigenvalue weighted by Crippen LogP contribution is -2.17. The van der Waals surface area contributed by atoms with E-state index in [0.29, 0.717) is 0 Å².